The molecular weight excluding hydrogens is 210 g/mol. The van der Waals surface area contributed by atoms with E-state index in [1.807, 2.05) is 14.0 Å². The molecule has 0 aromatic rings. The van der Waals surface area contributed by atoms with Crippen LogP contribution in [0.25, 0.3) is 0 Å². The molecule has 5 heteroatoms. The Kier molecular flexibility index (Phi) is 5.64. The first-order valence-electron chi connectivity index (χ1n) is 5.56. The van der Waals surface area contributed by atoms with Gasteiger partial charge < -0.3 is 24.3 Å². The highest BCUT2D eigenvalue weighted by Crippen LogP contribution is 2.25. The van der Waals surface area contributed by atoms with Gasteiger partial charge in [-0.05, 0) is 14.0 Å². The average molecular weight is 233 g/mol. The van der Waals surface area contributed by atoms with E-state index in [1.165, 1.54) is 0 Å². The summed E-state index contributed by atoms with van der Waals surface area (Å²) in [6.07, 6.45) is -0.154. The first-order valence-corrected chi connectivity index (χ1v) is 5.56. The molecule has 0 aliphatic carbocycles. The van der Waals surface area contributed by atoms with Gasteiger partial charge in [0.1, 0.15) is 18.3 Å². The van der Waals surface area contributed by atoms with E-state index < -0.39 is 0 Å². The third-order valence-corrected chi connectivity index (χ3v) is 3.15. The van der Waals surface area contributed by atoms with Crippen LogP contribution in [0.2, 0.25) is 0 Å². The quantitative estimate of drug-likeness (QED) is 0.726. The van der Waals surface area contributed by atoms with Gasteiger partial charge in [-0.15, -0.1) is 0 Å². The Hall–Kier alpha value is -0.200. The molecule has 0 amide bonds. The molecule has 1 rings (SSSR count). The van der Waals surface area contributed by atoms with Crippen LogP contribution in [-0.2, 0) is 18.9 Å². The first-order chi connectivity index (χ1) is 7.69. The Bertz CT molecular complexity index is 202. The molecular formula is C11H23NO4. The van der Waals surface area contributed by atoms with Crippen LogP contribution in [0.15, 0.2) is 0 Å². The summed E-state index contributed by atoms with van der Waals surface area (Å²) in [5.74, 6) is 0. The topological polar surface area (TPSA) is 49.0 Å². The fourth-order valence-electron chi connectivity index (χ4n) is 2.38. The van der Waals surface area contributed by atoms with E-state index in [-0.39, 0.29) is 30.5 Å². The molecule has 1 aliphatic rings. The lowest BCUT2D eigenvalue weighted by Crippen LogP contribution is -2.63. The predicted octanol–water partition coefficient (Wildman–Crippen LogP) is 0.0381. The van der Waals surface area contributed by atoms with E-state index in [1.54, 1.807) is 21.3 Å². The van der Waals surface area contributed by atoms with Crippen molar-refractivity contribution < 1.29 is 18.9 Å². The lowest BCUT2D eigenvalue weighted by atomic mass is 9.93. The third kappa shape index (κ3) is 2.73. The van der Waals surface area contributed by atoms with Crippen LogP contribution in [0, 0.1) is 0 Å². The number of ether oxygens (including phenoxy) is 4. The summed E-state index contributed by atoms with van der Waals surface area (Å²) in [7, 11) is 6.93. The highest BCUT2D eigenvalue weighted by Gasteiger charge is 2.44. The largest absolute Gasteiger partial charge is 0.382 e. The number of hydrogen-bond donors (Lipinski definition) is 1. The maximum absolute atomic E-state index is 5.87. The minimum Gasteiger partial charge on any atom is -0.382 e. The van der Waals surface area contributed by atoms with Crippen LogP contribution in [0.4, 0.5) is 0 Å². The lowest BCUT2D eigenvalue weighted by molar-refractivity contribution is -0.207. The molecule has 1 N–H and O–H groups in total. The Labute approximate surface area is 97.4 Å². The van der Waals surface area contributed by atoms with Crippen molar-refractivity contribution in [3.8, 4) is 0 Å². The summed E-state index contributed by atoms with van der Waals surface area (Å²) in [5.41, 5.74) is 0. The van der Waals surface area contributed by atoms with Gasteiger partial charge in [0.15, 0.2) is 0 Å². The summed E-state index contributed by atoms with van der Waals surface area (Å²) >= 11 is 0. The van der Waals surface area contributed by atoms with Gasteiger partial charge in [0.25, 0.3) is 0 Å². The van der Waals surface area contributed by atoms with Gasteiger partial charge >= 0.3 is 0 Å². The van der Waals surface area contributed by atoms with Crippen molar-refractivity contribution in [2.24, 2.45) is 0 Å². The van der Waals surface area contributed by atoms with Gasteiger partial charge in [0.05, 0.1) is 18.8 Å². The Balaban J connectivity index is 2.78. The smallest absolute Gasteiger partial charge is 0.113 e. The van der Waals surface area contributed by atoms with Crippen LogP contribution in [-0.4, -0.2) is 65.4 Å². The molecule has 1 fully saturated rings. The molecule has 0 bridgehead atoms. The molecule has 0 radical (unpaired) electrons. The fourth-order valence-corrected chi connectivity index (χ4v) is 2.38. The van der Waals surface area contributed by atoms with Crippen LogP contribution in [0.1, 0.15) is 6.92 Å². The molecule has 96 valence electrons. The predicted molar refractivity (Wildman–Crippen MR) is 60.7 cm³/mol. The normalized spacial score (nSPS) is 39.9. The maximum Gasteiger partial charge on any atom is 0.113 e. The van der Waals surface area contributed by atoms with E-state index in [2.05, 4.69) is 5.32 Å². The number of likely N-dealkylation sites (N-methyl/N-ethyl adjacent to an activating group) is 1. The van der Waals surface area contributed by atoms with Crippen molar-refractivity contribution in [2.45, 2.75) is 37.4 Å². The van der Waals surface area contributed by atoms with Crippen molar-refractivity contribution in [2.75, 3.05) is 35.0 Å². The fraction of sp³-hybridized carbons (Fsp3) is 1.00. The van der Waals surface area contributed by atoms with Gasteiger partial charge in [-0.2, -0.15) is 0 Å². The Morgan fingerprint density at radius 3 is 2.19 bits per heavy atom. The molecule has 0 saturated carbocycles. The van der Waals surface area contributed by atoms with E-state index in [0.717, 1.165) is 0 Å². The standard InChI is InChI=1S/C11H23NO4/c1-7-9(12-2)11(15-5)10(14-4)8(16-7)6-13-3/h7-12H,6H2,1-5H3/t7-,8?,9?,10+,11?/m0/s1. The van der Waals surface area contributed by atoms with E-state index in [0.29, 0.717) is 6.61 Å². The van der Waals surface area contributed by atoms with Gasteiger partial charge in [0.2, 0.25) is 0 Å². The number of hydrogen-bond acceptors (Lipinski definition) is 5. The van der Waals surface area contributed by atoms with Crippen molar-refractivity contribution in [1.82, 2.24) is 5.32 Å². The molecule has 5 atom stereocenters. The van der Waals surface area contributed by atoms with Gasteiger partial charge in [-0.3, -0.25) is 0 Å². The molecule has 16 heavy (non-hydrogen) atoms. The lowest BCUT2D eigenvalue weighted by Gasteiger charge is -2.44. The third-order valence-electron chi connectivity index (χ3n) is 3.15. The minimum atomic E-state index is -0.112. The summed E-state index contributed by atoms with van der Waals surface area (Å²) in [5, 5.41) is 3.21. The summed E-state index contributed by atoms with van der Waals surface area (Å²) in [6, 6.07) is 0.128. The molecule has 0 aromatic carbocycles. The second-order valence-electron chi connectivity index (χ2n) is 4.05. The number of methoxy groups -OCH3 is 3. The van der Waals surface area contributed by atoms with Crippen molar-refractivity contribution in [3.63, 3.8) is 0 Å². The van der Waals surface area contributed by atoms with Crippen molar-refractivity contribution in [3.05, 3.63) is 0 Å². The van der Waals surface area contributed by atoms with Gasteiger partial charge in [-0.1, -0.05) is 0 Å². The highest BCUT2D eigenvalue weighted by atomic mass is 16.6. The Morgan fingerprint density at radius 2 is 1.75 bits per heavy atom. The van der Waals surface area contributed by atoms with Crippen LogP contribution in [0.3, 0.4) is 0 Å². The highest BCUT2D eigenvalue weighted by molar-refractivity contribution is 4.96. The van der Waals surface area contributed by atoms with Gasteiger partial charge in [-0.25, -0.2) is 0 Å². The minimum absolute atomic E-state index is 0.0288. The Morgan fingerprint density at radius 1 is 1.12 bits per heavy atom. The summed E-state index contributed by atoms with van der Waals surface area (Å²) in [6.45, 7) is 2.54. The maximum atomic E-state index is 5.87. The van der Waals surface area contributed by atoms with Gasteiger partial charge in [0, 0.05) is 21.3 Å². The number of rotatable bonds is 5. The van der Waals surface area contributed by atoms with Crippen LogP contribution >= 0.6 is 0 Å². The summed E-state index contributed by atoms with van der Waals surface area (Å²) < 4.78 is 22.0. The second-order valence-corrected chi connectivity index (χ2v) is 4.05. The van der Waals surface area contributed by atoms with Crippen LogP contribution in [0.5, 0.6) is 0 Å². The zero-order valence-electron chi connectivity index (χ0n) is 10.7. The van der Waals surface area contributed by atoms with Crippen molar-refractivity contribution >= 4 is 0 Å². The zero-order valence-corrected chi connectivity index (χ0v) is 10.7. The molecule has 1 aliphatic heterocycles. The zero-order chi connectivity index (χ0) is 12.1. The van der Waals surface area contributed by atoms with E-state index >= 15 is 0 Å². The average Bonchev–Trinajstić information content (AvgIpc) is 2.28. The van der Waals surface area contributed by atoms with Crippen LogP contribution < -0.4 is 5.32 Å². The van der Waals surface area contributed by atoms with E-state index in [4.69, 9.17) is 18.9 Å². The molecule has 5 nitrogen and oxygen atoms in total. The second kappa shape index (κ2) is 6.51. The molecule has 0 spiro atoms. The summed E-state index contributed by atoms with van der Waals surface area (Å²) in [4.78, 5) is 0. The van der Waals surface area contributed by atoms with Crippen molar-refractivity contribution in [1.29, 1.82) is 0 Å². The SMILES string of the molecule is CNC1C(OC)[C@H](OC)C(COC)O[C@H]1C. The first kappa shape index (κ1) is 13.9. The number of nitrogens with one attached hydrogen (secondary N) is 1. The molecule has 1 saturated heterocycles. The monoisotopic (exact) mass is 233 g/mol. The molecule has 0 aromatic heterocycles. The molecule has 1 heterocycles. The van der Waals surface area contributed by atoms with E-state index in [9.17, 15) is 0 Å². The molecule has 3 unspecified atom stereocenters.